The molecule has 2 aliphatic rings. The van der Waals surface area contributed by atoms with Gasteiger partial charge in [0.25, 0.3) is 0 Å². The summed E-state index contributed by atoms with van der Waals surface area (Å²) in [5, 5.41) is 12.6. The van der Waals surface area contributed by atoms with Crippen LogP contribution >= 0.6 is 0 Å². The van der Waals surface area contributed by atoms with Crippen LogP contribution in [0, 0.1) is 6.92 Å². The number of rotatable bonds is 5. The van der Waals surface area contributed by atoms with Crippen LogP contribution in [0.1, 0.15) is 32.8 Å². The second kappa shape index (κ2) is 8.91. The van der Waals surface area contributed by atoms with E-state index in [2.05, 4.69) is 46.9 Å². The van der Waals surface area contributed by atoms with Crippen molar-refractivity contribution in [3.05, 3.63) is 23.8 Å². The first-order valence-electron chi connectivity index (χ1n) is 9.96. The van der Waals surface area contributed by atoms with E-state index in [1.54, 1.807) is 0 Å². The van der Waals surface area contributed by atoms with Gasteiger partial charge in [0.15, 0.2) is 0 Å². The maximum Gasteiger partial charge on any atom is 0.320 e. The number of carbonyl (C=O) groups excluding carboxylic acids is 1. The van der Waals surface area contributed by atoms with Crippen molar-refractivity contribution in [2.75, 3.05) is 31.5 Å². The fraction of sp³-hybridized carbons (Fsp3) is 0.650. The molecule has 7 nitrogen and oxygen atoms in total. The summed E-state index contributed by atoms with van der Waals surface area (Å²) < 4.78 is 6.23. The Morgan fingerprint density at radius 2 is 2.11 bits per heavy atom. The van der Waals surface area contributed by atoms with E-state index >= 15 is 0 Å². The zero-order chi connectivity index (χ0) is 19.4. The zero-order valence-electron chi connectivity index (χ0n) is 16.8. The van der Waals surface area contributed by atoms with Crippen molar-refractivity contribution in [3.8, 4) is 5.75 Å². The number of carbonyl (C=O) groups is 1. The van der Waals surface area contributed by atoms with E-state index in [0.29, 0.717) is 24.3 Å². The van der Waals surface area contributed by atoms with Gasteiger partial charge in [-0.15, -0.1) is 0 Å². The van der Waals surface area contributed by atoms with E-state index < -0.39 is 0 Å². The van der Waals surface area contributed by atoms with Gasteiger partial charge in [-0.2, -0.15) is 0 Å². The van der Waals surface area contributed by atoms with E-state index in [-0.39, 0.29) is 18.3 Å². The maximum absolute atomic E-state index is 12.5. The summed E-state index contributed by atoms with van der Waals surface area (Å²) >= 11 is 0. The number of aryl methyl sites for hydroxylation is 1. The molecule has 2 saturated heterocycles. The molecule has 2 amide bonds. The molecule has 1 aromatic carbocycles. The molecule has 0 bridgehead atoms. The number of nitrogens with one attached hydrogen (secondary N) is 4. The van der Waals surface area contributed by atoms with E-state index in [1.165, 1.54) is 0 Å². The highest BCUT2D eigenvalue weighted by Crippen LogP contribution is 2.29. The Balaban J connectivity index is 1.59. The average molecular weight is 376 g/mol. The summed E-state index contributed by atoms with van der Waals surface area (Å²) in [5.74, 6) is 0.731. The Bertz CT molecular complexity index is 643. The minimum absolute atomic E-state index is 0.0789. The molecule has 1 aromatic rings. The Labute approximate surface area is 162 Å². The first-order chi connectivity index (χ1) is 12.9. The Hall–Kier alpha value is -1.83. The van der Waals surface area contributed by atoms with Crippen LogP contribution in [0.15, 0.2) is 18.2 Å². The van der Waals surface area contributed by atoms with Crippen molar-refractivity contribution in [1.29, 1.82) is 0 Å². The minimum Gasteiger partial charge on any atom is -0.487 e. The topological polar surface area (TPSA) is 77.7 Å². The lowest BCUT2D eigenvalue weighted by Crippen LogP contribution is -2.60. The van der Waals surface area contributed by atoms with Crippen LogP contribution in [0.4, 0.5) is 10.5 Å². The lowest BCUT2D eigenvalue weighted by Gasteiger charge is -2.29. The molecule has 7 heteroatoms. The van der Waals surface area contributed by atoms with Gasteiger partial charge in [0.05, 0.1) is 11.9 Å². The number of likely N-dealkylation sites (tertiary alicyclic amines) is 1. The Kier molecular flexibility index (Phi) is 6.57. The van der Waals surface area contributed by atoms with Crippen molar-refractivity contribution in [3.63, 3.8) is 0 Å². The number of nitrogens with zero attached hydrogens (tertiary/aromatic N) is 1. The Morgan fingerprint density at radius 3 is 2.78 bits per heavy atom. The molecule has 2 aliphatic heterocycles. The Morgan fingerprint density at radius 1 is 1.30 bits per heavy atom. The van der Waals surface area contributed by atoms with Crippen LogP contribution in [0.25, 0.3) is 0 Å². The summed E-state index contributed by atoms with van der Waals surface area (Å²) in [6.07, 6.45) is 1.09. The number of urea groups is 1. The highest BCUT2D eigenvalue weighted by molar-refractivity contribution is 5.91. The fourth-order valence-corrected chi connectivity index (χ4v) is 3.54. The van der Waals surface area contributed by atoms with Crippen LogP contribution < -0.4 is 26.0 Å². The molecule has 3 rings (SSSR count). The SMILES string of the molecule is Cc1ccc(OC2CCN(C(C)C)C2)c(NC(=O)NC2CNC(C)CN2)c1. The maximum atomic E-state index is 12.5. The zero-order valence-corrected chi connectivity index (χ0v) is 16.8. The number of hydrogen-bond donors (Lipinski definition) is 4. The van der Waals surface area contributed by atoms with Gasteiger partial charge in [0.1, 0.15) is 11.9 Å². The smallest absolute Gasteiger partial charge is 0.320 e. The molecule has 2 fully saturated rings. The third-order valence-corrected chi connectivity index (χ3v) is 5.23. The van der Waals surface area contributed by atoms with Gasteiger partial charge < -0.3 is 20.7 Å². The second-order valence-corrected chi connectivity index (χ2v) is 7.99. The van der Waals surface area contributed by atoms with Crippen molar-refractivity contribution in [1.82, 2.24) is 20.9 Å². The number of amides is 2. The van der Waals surface area contributed by atoms with E-state index in [4.69, 9.17) is 4.74 Å². The van der Waals surface area contributed by atoms with Gasteiger partial charge in [-0.1, -0.05) is 6.07 Å². The van der Waals surface area contributed by atoms with E-state index in [9.17, 15) is 4.79 Å². The molecule has 150 valence electrons. The van der Waals surface area contributed by atoms with Gasteiger partial charge >= 0.3 is 6.03 Å². The first-order valence-corrected chi connectivity index (χ1v) is 9.96. The summed E-state index contributed by atoms with van der Waals surface area (Å²) in [7, 11) is 0. The van der Waals surface area contributed by atoms with Gasteiger partial charge in [0.2, 0.25) is 0 Å². The molecule has 0 spiro atoms. The number of hydrogen-bond acceptors (Lipinski definition) is 5. The van der Waals surface area contributed by atoms with Crippen LogP contribution in [0.5, 0.6) is 5.75 Å². The monoisotopic (exact) mass is 375 g/mol. The second-order valence-electron chi connectivity index (χ2n) is 7.99. The molecule has 0 aromatic heterocycles. The predicted octanol–water partition coefficient (Wildman–Crippen LogP) is 1.89. The van der Waals surface area contributed by atoms with Gasteiger partial charge in [-0.05, 0) is 51.8 Å². The molecular formula is C20H33N5O2. The van der Waals surface area contributed by atoms with Crippen molar-refractivity contribution < 1.29 is 9.53 Å². The lowest BCUT2D eigenvalue weighted by molar-refractivity contribution is 0.188. The van der Waals surface area contributed by atoms with Crippen LogP contribution in [0.3, 0.4) is 0 Å². The molecule has 27 heavy (non-hydrogen) atoms. The van der Waals surface area contributed by atoms with E-state index in [0.717, 1.165) is 37.4 Å². The molecule has 0 saturated carbocycles. The first kappa shape index (κ1) is 19.9. The van der Waals surface area contributed by atoms with Crippen LogP contribution in [-0.4, -0.2) is 61.5 Å². The van der Waals surface area contributed by atoms with Crippen molar-refractivity contribution in [2.45, 2.75) is 58.5 Å². The summed E-state index contributed by atoms with van der Waals surface area (Å²) in [4.78, 5) is 14.9. The van der Waals surface area contributed by atoms with E-state index in [1.807, 2.05) is 25.1 Å². The van der Waals surface area contributed by atoms with Gasteiger partial charge in [-0.25, -0.2) is 4.79 Å². The molecule has 0 aliphatic carbocycles. The minimum atomic E-state index is -0.227. The molecule has 3 atom stereocenters. The average Bonchev–Trinajstić information content (AvgIpc) is 3.08. The number of piperazine rings is 1. The van der Waals surface area contributed by atoms with Crippen molar-refractivity contribution >= 4 is 11.7 Å². The number of benzene rings is 1. The summed E-state index contributed by atoms with van der Waals surface area (Å²) in [6.45, 7) is 12.1. The quantitative estimate of drug-likeness (QED) is 0.632. The van der Waals surface area contributed by atoms with Gasteiger partial charge in [-0.3, -0.25) is 10.2 Å². The number of ether oxygens (including phenoxy) is 1. The third-order valence-electron chi connectivity index (χ3n) is 5.23. The molecule has 2 heterocycles. The van der Waals surface area contributed by atoms with Gasteiger partial charge in [0, 0.05) is 38.3 Å². The van der Waals surface area contributed by atoms with Crippen LogP contribution in [-0.2, 0) is 0 Å². The summed E-state index contributed by atoms with van der Waals surface area (Å²) in [5.41, 5.74) is 1.80. The molecule has 4 N–H and O–H groups in total. The molecule has 0 radical (unpaired) electrons. The van der Waals surface area contributed by atoms with Crippen LogP contribution in [0.2, 0.25) is 0 Å². The highest BCUT2D eigenvalue weighted by Gasteiger charge is 2.26. The molecule has 3 unspecified atom stereocenters. The molecular weight excluding hydrogens is 342 g/mol. The highest BCUT2D eigenvalue weighted by atomic mass is 16.5. The van der Waals surface area contributed by atoms with Crippen molar-refractivity contribution in [2.24, 2.45) is 0 Å². The normalized spacial score (nSPS) is 26.2. The largest absolute Gasteiger partial charge is 0.487 e. The predicted molar refractivity (Wildman–Crippen MR) is 108 cm³/mol. The third kappa shape index (κ3) is 5.57. The fourth-order valence-electron chi connectivity index (χ4n) is 3.54. The summed E-state index contributed by atoms with van der Waals surface area (Å²) in [6, 6.07) is 6.64. The lowest BCUT2D eigenvalue weighted by atomic mass is 10.2. The standard InChI is InChI=1S/C20H33N5O2/c1-13(2)25-8-7-16(12-25)27-18-6-5-14(3)9-17(18)23-20(26)24-19-11-21-15(4)10-22-19/h5-6,9,13,15-16,19,21-22H,7-8,10-12H2,1-4H3,(H2,23,24,26). The number of anilines is 1.